The normalized spacial score (nSPS) is 16.2. The maximum Gasteiger partial charge on any atom is 0.269 e. The fourth-order valence-electron chi connectivity index (χ4n) is 3.08. The fourth-order valence-corrected chi connectivity index (χ4v) is 3.08. The molecule has 0 aliphatic carbocycles. The van der Waals surface area contributed by atoms with Gasteiger partial charge in [-0.05, 0) is 24.1 Å². The van der Waals surface area contributed by atoms with Crippen LogP contribution in [0.15, 0.2) is 53.5 Å². The van der Waals surface area contributed by atoms with Crippen molar-refractivity contribution in [3.8, 4) is 0 Å². The second-order valence-corrected chi connectivity index (χ2v) is 7.04. The molecule has 1 N–H and O–H groups in total. The topological polar surface area (TPSA) is 95.9 Å². The van der Waals surface area contributed by atoms with Crippen LogP contribution in [0.3, 0.4) is 0 Å². The number of rotatable bonds is 7. The van der Waals surface area contributed by atoms with Crippen molar-refractivity contribution in [2.75, 3.05) is 6.54 Å². The molecule has 7 nitrogen and oxygen atoms in total. The van der Waals surface area contributed by atoms with Crippen LogP contribution in [-0.4, -0.2) is 40.8 Å². The third-order valence-electron chi connectivity index (χ3n) is 4.63. The Hall–Kier alpha value is -3.75. The first-order chi connectivity index (χ1) is 14.8. The molecule has 2 aromatic carbocycles. The van der Waals surface area contributed by atoms with Gasteiger partial charge < -0.3 is 5.32 Å². The number of aliphatic imine (C=N–C) groups is 1. The minimum atomic E-state index is -1.75. The number of benzene rings is 2. The molecule has 0 radical (unpaired) electrons. The minimum absolute atomic E-state index is 0.00884. The van der Waals surface area contributed by atoms with Crippen LogP contribution in [0, 0.1) is 17.6 Å². The first-order valence-electron chi connectivity index (χ1n) is 9.44. The number of halogens is 2. The zero-order chi connectivity index (χ0) is 22.5. The average Bonchev–Trinajstić information content (AvgIpc) is 2.72. The average molecular weight is 427 g/mol. The lowest BCUT2D eigenvalue weighted by Gasteiger charge is -2.30. The van der Waals surface area contributed by atoms with Crippen LogP contribution in [0.5, 0.6) is 0 Å². The van der Waals surface area contributed by atoms with E-state index in [0.717, 1.165) is 11.0 Å². The van der Waals surface area contributed by atoms with E-state index in [0.29, 0.717) is 11.6 Å². The molecule has 0 fully saturated rings. The van der Waals surface area contributed by atoms with Gasteiger partial charge in [0.05, 0.1) is 13.1 Å². The summed E-state index contributed by atoms with van der Waals surface area (Å²) in [6, 6.07) is 11.7. The van der Waals surface area contributed by atoms with Gasteiger partial charge in [-0.2, -0.15) is 4.99 Å². The van der Waals surface area contributed by atoms with Gasteiger partial charge in [-0.15, -0.1) is 0 Å². The Morgan fingerprint density at radius 3 is 2.45 bits per heavy atom. The lowest BCUT2D eigenvalue weighted by molar-refractivity contribution is -0.146. The van der Waals surface area contributed by atoms with Crippen molar-refractivity contribution in [2.45, 2.75) is 19.9 Å². The molecule has 0 aromatic heterocycles. The van der Waals surface area contributed by atoms with E-state index in [1.165, 1.54) is 13.0 Å². The number of ketones is 1. The molecule has 3 rings (SSSR count). The van der Waals surface area contributed by atoms with Gasteiger partial charge in [-0.25, -0.2) is 8.78 Å². The van der Waals surface area contributed by atoms with Gasteiger partial charge in [0.15, 0.2) is 5.92 Å². The highest BCUT2D eigenvalue weighted by Crippen LogP contribution is 2.21. The standard InChI is InChI=1S/C22H19F2N3O4/c1-13(28)11-25-20(29)19-21(30)26-18(9-15-7-8-16(23)10-17(15)24)27(22(19)31)12-14-5-3-2-4-6-14/h2-8,10,19H,9,11-12H2,1H3,(H,25,29). The molecule has 0 saturated heterocycles. The Kier molecular flexibility index (Phi) is 6.64. The van der Waals surface area contributed by atoms with E-state index in [9.17, 15) is 28.0 Å². The van der Waals surface area contributed by atoms with E-state index in [2.05, 4.69) is 10.3 Å². The number of carbonyl (C=O) groups is 4. The molecular weight excluding hydrogens is 408 g/mol. The fraction of sp³-hybridized carbons (Fsp3) is 0.227. The summed E-state index contributed by atoms with van der Waals surface area (Å²) >= 11 is 0. The largest absolute Gasteiger partial charge is 0.348 e. The number of Topliss-reactive ketones (excluding diaryl/α,β-unsaturated/α-hetero) is 1. The molecule has 0 bridgehead atoms. The van der Waals surface area contributed by atoms with Crippen molar-refractivity contribution in [3.63, 3.8) is 0 Å². The third-order valence-corrected chi connectivity index (χ3v) is 4.63. The molecule has 160 valence electrons. The summed E-state index contributed by atoms with van der Waals surface area (Å²) in [5.74, 6) is -6.52. The zero-order valence-corrected chi connectivity index (χ0v) is 16.6. The van der Waals surface area contributed by atoms with Crippen molar-refractivity contribution in [2.24, 2.45) is 10.9 Å². The van der Waals surface area contributed by atoms with Crippen LogP contribution in [0.4, 0.5) is 8.78 Å². The molecule has 1 atom stereocenters. The minimum Gasteiger partial charge on any atom is -0.348 e. The third kappa shape index (κ3) is 5.25. The molecule has 0 saturated carbocycles. The molecule has 0 spiro atoms. The SMILES string of the molecule is CC(=O)CNC(=O)C1C(=O)N=C(Cc2ccc(F)cc2F)N(Cc2ccccc2)C1=O. The second kappa shape index (κ2) is 9.38. The van der Waals surface area contributed by atoms with Gasteiger partial charge in [-0.3, -0.25) is 24.1 Å². The van der Waals surface area contributed by atoms with Gasteiger partial charge in [0.25, 0.3) is 11.8 Å². The van der Waals surface area contributed by atoms with E-state index in [1.807, 2.05) is 0 Å². The maximum absolute atomic E-state index is 14.2. The van der Waals surface area contributed by atoms with E-state index < -0.39 is 35.3 Å². The second-order valence-electron chi connectivity index (χ2n) is 7.04. The van der Waals surface area contributed by atoms with Crippen molar-refractivity contribution in [3.05, 3.63) is 71.3 Å². The molecule has 2 aromatic rings. The van der Waals surface area contributed by atoms with Crippen LogP contribution in [0.1, 0.15) is 18.1 Å². The molecular formula is C22H19F2N3O4. The zero-order valence-electron chi connectivity index (χ0n) is 16.6. The highest BCUT2D eigenvalue weighted by atomic mass is 19.1. The summed E-state index contributed by atoms with van der Waals surface area (Å²) < 4.78 is 27.4. The van der Waals surface area contributed by atoms with Gasteiger partial charge in [0.1, 0.15) is 23.3 Å². The summed E-state index contributed by atoms with van der Waals surface area (Å²) in [4.78, 5) is 54.1. The van der Waals surface area contributed by atoms with E-state index in [1.54, 1.807) is 30.3 Å². The van der Waals surface area contributed by atoms with Crippen LogP contribution >= 0.6 is 0 Å². The molecule has 3 amide bonds. The monoisotopic (exact) mass is 427 g/mol. The number of hydrogen-bond donors (Lipinski definition) is 1. The Morgan fingerprint density at radius 2 is 1.81 bits per heavy atom. The van der Waals surface area contributed by atoms with Crippen molar-refractivity contribution < 1.29 is 28.0 Å². The first kappa shape index (κ1) is 21.9. The van der Waals surface area contributed by atoms with Crippen LogP contribution in [0.25, 0.3) is 0 Å². The number of carbonyl (C=O) groups excluding carboxylic acids is 4. The van der Waals surface area contributed by atoms with Gasteiger partial charge >= 0.3 is 0 Å². The van der Waals surface area contributed by atoms with Crippen LogP contribution in [-0.2, 0) is 32.1 Å². The van der Waals surface area contributed by atoms with Crippen LogP contribution < -0.4 is 5.32 Å². The van der Waals surface area contributed by atoms with E-state index in [-0.39, 0.29) is 36.7 Å². The quantitative estimate of drug-likeness (QED) is 0.682. The summed E-state index contributed by atoms with van der Waals surface area (Å²) in [5, 5.41) is 2.25. The predicted octanol–water partition coefficient (Wildman–Crippen LogP) is 1.80. The summed E-state index contributed by atoms with van der Waals surface area (Å²) in [6.07, 6.45) is -0.252. The van der Waals surface area contributed by atoms with Gasteiger partial charge in [0, 0.05) is 12.5 Å². The summed E-state index contributed by atoms with van der Waals surface area (Å²) in [5.41, 5.74) is 0.735. The lowest BCUT2D eigenvalue weighted by atomic mass is 10.0. The molecule has 31 heavy (non-hydrogen) atoms. The first-order valence-corrected chi connectivity index (χ1v) is 9.44. The molecule has 1 aliphatic heterocycles. The highest BCUT2D eigenvalue weighted by Gasteiger charge is 2.42. The lowest BCUT2D eigenvalue weighted by Crippen LogP contribution is -2.53. The number of amides is 3. The highest BCUT2D eigenvalue weighted by molar-refractivity contribution is 6.25. The summed E-state index contributed by atoms with van der Waals surface area (Å²) in [6.45, 7) is 0.914. The maximum atomic E-state index is 14.2. The van der Waals surface area contributed by atoms with Gasteiger partial charge in [0.2, 0.25) is 5.91 Å². The predicted molar refractivity (Wildman–Crippen MR) is 107 cm³/mol. The molecule has 9 heteroatoms. The molecule has 1 heterocycles. The Bertz CT molecular complexity index is 1070. The summed E-state index contributed by atoms with van der Waals surface area (Å²) in [7, 11) is 0. The van der Waals surface area contributed by atoms with Gasteiger partial charge in [-0.1, -0.05) is 36.4 Å². The van der Waals surface area contributed by atoms with Crippen molar-refractivity contribution >= 4 is 29.3 Å². The Labute approximate surface area is 176 Å². The smallest absolute Gasteiger partial charge is 0.269 e. The Morgan fingerprint density at radius 1 is 1.10 bits per heavy atom. The van der Waals surface area contributed by atoms with E-state index >= 15 is 0 Å². The van der Waals surface area contributed by atoms with E-state index in [4.69, 9.17) is 0 Å². The molecule has 1 aliphatic rings. The number of nitrogens with zero attached hydrogens (tertiary/aromatic N) is 2. The van der Waals surface area contributed by atoms with Crippen molar-refractivity contribution in [1.82, 2.24) is 10.2 Å². The van der Waals surface area contributed by atoms with Crippen molar-refractivity contribution in [1.29, 1.82) is 0 Å². The number of nitrogens with one attached hydrogen (secondary N) is 1. The number of hydrogen-bond acceptors (Lipinski definition) is 4. The number of amidine groups is 1. The molecule has 1 unspecified atom stereocenters. The van der Waals surface area contributed by atoms with Crippen LogP contribution in [0.2, 0.25) is 0 Å². The Balaban J connectivity index is 1.94.